The summed E-state index contributed by atoms with van der Waals surface area (Å²) in [6, 6.07) is 10.4. The topological polar surface area (TPSA) is 29.1 Å². The van der Waals surface area contributed by atoms with Gasteiger partial charge in [0.2, 0.25) is 5.91 Å². The van der Waals surface area contributed by atoms with Crippen molar-refractivity contribution >= 4 is 17.2 Å². The Labute approximate surface area is 118 Å². The lowest BCUT2D eigenvalue weighted by molar-refractivity contribution is -0.121. The molecule has 0 atom stereocenters. The van der Waals surface area contributed by atoms with E-state index in [0.29, 0.717) is 13.0 Å². The Bertz CT molecular complexity index is 546. The number of benzene rings is 1. The number of thiophene rings is 1. The van der Waals surface area contributed by atoms with Crippen LogP contribution in [-0.4, -0.2) is 5.91 Å². The molecule has 1 heterocycles. The van der Waals surface area contributed by atoms with Crippen LogP contribution in [0, 0.1) is 13.8 Å². The minimum absolute atomic E-state index is 0.119. The number of rotatable bonds is 5. The molecular formula is C16H19NOS. The first-order valence-electron chi connectivity index (χ1n) is 6.50. The molecule has 3 heteroatoms. The summed E-state index contributed by atoms with van der Waals surface area (Å²) in [7, 11) is 0. The molecule has 2 nitrogen and oxygen atoms in total. The van der Waals surface area contributed by atoms with E-state index in [2.05, 4.69) is 37.4 Å². The van der Waals surface area contributed by atoms with Gasteiger partial charge in [0.05, 0.1) is 6.54 Å². The fourth-order valence-electron chi connectivity index (χ4n) is 2.06. The fraction of sp³-hybridized carbons (Fsp3) is 0.312. The van der Waals surface area contributed by atoms with Crippen LogP contribution in [0.25, 0.3) is 0 Å². The minimum Gasteiger partial charge on any atom is -0.351 e. The molecule has 0 spiro atoms. The summed E-state index contributed by atoms with van der Waals surface area (Å²) in [5, 5.41) is 4.98. The van der Waals surface area contributed by atoms with Crippen molar-refractivity contribution in [3.8, 4) is 0 Å². The van der Waals surface area contributed by atoms with Crippen LogP contribution in [-0.2, 0) is 17.8 Å². The van der Waals surface area contributed by atoms with Crippen molar-refractivity contribution in [3.05, 3.63) is 57.3 Å². The van der Waals surface area contributed by atoms with Crippen molar-refractivity contribution in [2.75, 3.05) is 0 Å². The average Bonchev–Trinajstić information content (AvgIpc) is 2.88. The number of nitrogens with one attached hydrogen (secondary N) is 1. The lowest BCUT2D eigenvalue weighted by Gasteiger charge is -2.07. The van der Waals surface area contributed by atoms with Gasteiger partial charge in [0.25, 0.3) is 0 Å². The van der Waals surface area contributed by atoms with E-state index in [-0.39, 0.29) is 5.91 Å². The minimum atomic E-state index is 0.119. The van der Waals surface area contributed by atoms with Gasteiger partial charge in [-0.3, -0.25) is 4.79 Å². The third-order valence-electron chi connectivity index (χ3n) is 3.16. The van der Waals surface area contributed by atoms with E-state index in [1.165, 1.54) is 21.6 Å². The monoisotopic (exact) mass is 273 g/mol. The van der Waals surface area contributed by atoms with Crippen molar-refractivity contribution in [3.63, 3.8) is 0 Å². The molecule has 2 rings (SSSR count). The van der Waals surface area contributed by atoms with E-state index in [1.807, 2.05) is 17.5 Å². The first-order valence-corrected chi connectivity index (χ1v) is 7.38. The Morgan fingerprint density at radius 3 is 2.79 bits per heavy atom. The average molecular weight is 273 g/mol. The van der Waals surface area contributed by atoms with E-state index >= 15 is 0 Å². The first kappa shape index (κ1) is 13.8. The second-order valence-corrected chi connectivity index (χ2v) is 5.82. The number of amides is 1. The van der Waals surface area contributed by atoms with Crippen LogP contribution in [0.3, 0.4) is 0 Å². The molecule has 19 heavy (non-hydrogen) atoms. The molecule has 0 radical (unpaired) electrons. The van der Waals surface area contributed by atoms with E-state index in [0.717, 1.165) is 6.42 Å². The standard InChI is InChI=1S/C16H19NOS/c1-12-5-6-14(13(2)10-12)7-8-16(18)17-11-15-4-3-9-19-15/h3-6,9-10H,7-8,11H2,1-2H3,(H,17,18). The molecule has 0 bridgehead atoms. The molecule has 0 saturated heterocycles. The van der Waals surface area contributed by atoms with Gasteiger partial charge in [-0.05, 0) is 42.8 Å². The number of carbonyl (C=O) groups excluding carboxylic acids is 1. The summed E-state index contributed by atoms with van der Waals surface area (Å²) in [5.41, 5.74) is 3.80. The van der Waals surface area contributed by atoms with Crippen LogP contribution in [0.1, 0.15) is 28.0 Å². The molecule has 1 aromatic heterocycles. The Kier molecular flexibility index (Phi) is 4.74. The van der Waals surface area contributed by atoms with Gasteiger partial charge in [0.15, 0.2) is 0 Å². The van der Waals surface area contributed by atoms with Gasteiger partial charge in [-0.2, -0.15) is 0 Å². The van der Waals surface area contributed by atoms with Crippen molar-refractivity contribution < 1.29 is 4.79 Å². The zero-order chi connectivity index (χ0) is 13.7. The maximum Gasteiger partial charge on any atom is 0.220 e. The van der Waals surface area contributed by atoms with Crippen molar-refractivity contribution in [1.82, 2.24) is 5.32 Å². The highest BCUT2D eigenvalue weighted by atomic mass is 32.1. The molecule has 0 aliphatic carbocycles. The smallest absolute Gasteiger partial charge is 0.220 e. The molecule has 1 N–H and O–H groups in total. The lowest BCUT2D eigenvalue weighted by atomic mass is 10.0. The Morgan fingerprint density at radius 2 is 2.11 bits per heavy atom. The van der Waals surface area contributed by atoms with Crippen LogP contribution in [0.4, 0.5) is 0 Å². The highest BCUT2D eigenvalue weighted by Gasteiger charge is 2.04. The molecule has 0 saturated carbocycles. The van der Waals surface area contributed by atoms with E-state index in [4.69, 9.17) is 0 Å². The zero-order valence-corrected chi connectivity index (χ0v) is 12.2. The molecule has 2 aromatic rings. The molecule has 0 aliphatic heterocycles. The lowest BCUT2D eigenvalue weighted by Crippen LogP contribution is -2.22. The van der Waals surface area contributed by atoms with E-state index in [1.54, 1.807) is 11.3 Å². The van der Waals surface area contributed by atoms with Crippen LogP contribution >= 0.6 is 11.3 Å². The summed E-state index contributed by atoms with van der Waals surface area (Å²) in [5.74, 6) is 0.119. The SMILES string of the molecule is Cc1ccc(CCC(=O)NCc2cccs2)c(C)c1. The number of carbonyl (C=O) groups is 1. The van der Waals surface area contributed by atoms with Gasteiger partial charge in [-0.15, -0.1) is 11.3 Å². The van der Waals surface area contributed by atoms with Gasteiger partial charge in [0, 0.05) is 11.3 Å². The van der Waals surface area contributed by atoms with Crippen LogP contribution in [0.15, 0.2) is 35.7 Å². The molecule has 0 fully saturated rings. The second kappa shape index (κ2) is 6.53. The Balaban J connectivity index is 1.80. The summed E-state index contributed by atoms with van der Waals surface area (Å²) < 4.78 is 0. The summed E-state index contributed by atoms with van der Waals surface area (Å²) in [4.78, 5) is 13.0. The van der Waals surface area contributed by atoms with Crippen molar-refractivity contribution in [2.24, 2.45) is 0 Å². The van der Waals surface area contributed by atoms with Crippen LogP contribution in [0.5, 0.6) is 0 Å². The predicted molar refractivity (Wildman–Crippen MR) is 80.4 cm³/mol. The summed E-state index contributed by atoms with van der Waals surface area (Å²) in [6.07, 6.45) is 1.36. The van der Waals surface area contributed by atoms with Gasteiger partial charge in [0.1, 0.15) is 0 Å². The van der Waals surface area contributed by atoms with Crippen molar-refractivity contribution in [1.29, 1.82) is 0 Å². The highest BCUT2D eigenvalue weighted by molar-refractivity contribution is 7.09. The van der Waals surface area contributed by atoms with Gasteiger partial charge in [-0.1, -0.05) is 29.8 Å². The van der Waals surface area contributed by atoms with Crippen LogP contribution < -0.4 is 5.32 Å². The van der Waals surface area contributed by atoms with Crippen molar-refractivity contribution in [2.45, 2.75) is 33.2 Å². The number of hydrogen-bond acceptors (Lipinski definition) is 2. The first-order chi connectivity index (χ1) is 9.15. The molecule has 0 unspecified atom stereocenters. The molecule has 1 aromatic carbocycles. The molecule has 100 valence electrons. The zero-order valence-electron chi connectivity index (χ0n) is 11.4. The summed E-state index contributed by atoms with van der Waals surface area (Å²) in [6.45, 7) is 4.83. The summed E-state index contributed by atoms with van der Waals surface area (Å²) >= 11 is 1.67. The highest BCUT2D eigenvalue weighted by Crippen LogP contribution is 2.13. The van der Waals surface area contributed by atoms with Gasteiger partial charge in [-0.25, -0.2) is 0 Å². The van der Waals surface area contributed by atoms with Crippen LogP contribution in [0.2, 0.25) is 0 Å². The number of hydrogen-bond donors (Lipinski definition) is 1. The molecular weight excluding hydrogens is 254 g/mol. The largest absolute Gasteiger partial charge is 0.351 e. The fourth-order valence-corrected chi connectivity index (χ4v) is 2.71. The van der Waals surface area contributed by atoms with Gasteiger partial charge < -0.3 is 5.32 Å². The Morgan fingerprint density at radius 1 is 1.26 bits per heavy atom. The normalized spacial score (nSPS) is 10.4. The van der Waals surface area contributed by atoms with E-state index in [9.17, 15) is 4.79 Å². The predicted octanol–water partition coefficient (Wildman–Crippen LogP) is 3.61. The Hall–Kier alpha value is -1.61. The maximum absolute atomic E-state index is 11.8. The maximum atomic E-state index is 11.8. The molecule has 0 aliphatic rings. The third kappa shape index (κ3) is 4.21. The van der Waals surface area contributed by atoms with Gasteiger partial charge >= 0.3 is 0 Å². The third-order valence-corrected chi connectivity index (χ3v) is 4.04. The quantitative estimate of drug-likeness (QED) is 0.886. The van der Waals surface area contributed by atoms with E-state index < -0.39 is 0 Å². The number of aryl methyl sites for hydroxylation is 3. The molecule has 1 amide bonds. The second-order valence-electron chi connectivity index (χ2n) is 4.79.